The van der Waals surface area contributed by atoms with Crippen LogP contribution in [0, 0.1) is 0 Å². The molecule has 0 unspecified atom stereocenters. The van der Waals surface area contributed by atoms with Crippen molar-refractivity contribution >= 4 is 27.3 Å². The molecule has 0 radical (unpaired) electrons. The second-order valence-corrected chi connectivity index (χ2v) is 7.86. The summed E-state index contributed by atoms with van der Waals surface area (Å²) in [7, 11) is 1.59. The minimum atomic E-state index is -4.42. The predicted octanol–water partition coefficient (Wildman–Crippen LogP) is 6.83. The summed E-state index contributed by atoms with van der Waals surface area (Å²) in [4.78, 5) is 0. The monoisotopic (exact) mass is 474 g/mol. The zero-order valence-electron chi connectivity index (χ0n) is 16.0. The summed E-state index contributed by atoms with van der Waals surface area (Å²) in [6, 6.07) is 20.3. The van der Waals surface area contributed by atoms with E-state index in [4.69, 9.17) is 9.84 Å². The van der Waals surface area contributed by atoms with Crippen LogP contribution in [0.5, 0.6) is 5.75 Å². The molecule has 30 heavy (non-hydrogen) atoms. The van der Waals surface area contributed by atoms with E-state index in [-0.39, 0.29) is 6.04 Å². The second-order valence-electron chi connectivity index (χ2n) is 6.94. The lowest BCUT2D eigenvalue weighted by Gasteiger charge is -2.25. The van der Waals surface area contributed by atoms with Crippen molar-refractivity contribution in [2.45, 2.75) is 18.6 Å². The molecule has 1 aliphatic heterocycles. The van der Waals surface area contributed by atoms with Crippen molar-refractivity contribution in [1.29, 1.82) is 0 Å². The Kier molecular flexibility index (Phi) is 5.56. The molecule has 3 aromatic carbocycles. The van der Waals surface area contributed by atoms with Crippen LogP contribution in [0.2, 0.25) is 0 Å². The Hall–Kier alpha value is -2.80. The van der Waals surface area contributed by atoms with Crippen molar-refractivity contribution in [3.05, 3.63) is 94.0 Å². The molecule has 0 spiro atoms. The number of ether oxygens (including phenoxy) is 1. The van der Waals surface area contributed by atoms with Crippen molar-refractivity contribution in [2.24, 2.45) is 5.10 Å². The van der Waals surface area contributed by atoms with Crippen LogP contribution in [0.15, 0.2) is 82.4 Å². The molecule has 0 amide bonds. The van der Waals surface area contributed by atoms with E-state index >= 15 is 0 Å². The molecule has 0 bridgehead atoms. The highest BCUT2D eigenvalue weighted by Gasteiger charge is 2.34. The van der Waals surface area contributed by atoms with Gasteiger partial charge in [-0.15, -0.1) is 0 Å². The maximum atomic E-state index is 13.3. The van der Waals surface area contributed by atoms with E-state index in [9.17, 15) is 13.2 Å². The van der Waals surface area contributed by atoms with Gasteiger partial charge in [-0.05, 0) is 53.6 Å². The van der Waals surface area contributed by atoms with Crippen LogP contribution >= 0.6 is 15.9 Å². The Morgan fingerprint density at radius 2 is 1.73 bits per heavy atom. The summed E-state index contributed by atoms with van der Waals surface area (Å²) in [5.41, 5.74) is 2.36. The molecule has 1 aliphatic rings. The van der Waals surface area contributed by atoms with Gasteiger partial charge in [-0.1, -0.05) is 46.3 Å². The number of rotatable bonds is 4. The fourth-order valence-electron chi connectivity index (χ4n) is 3.50. The molecule has 4 rings (SSSR count). The van der Waals surface area contributed by atoms with Crippen molar-refractivity contribution in [3.8, 4) is 5.75 Å². The Morgan fingerprint density at radius 1 is 1.00 bits per heavy atom. The van der Waals surface area contributed by atoms with E-state index in [0.717, 1.165) is 33.4 Å². The van der Waals surface area contributed by atoms with Crippen LogP contribution in [0.4, 0.5) is 18.9 Å². The van der Waals surface area contributed by atoms with Crippen LogP contribution in [-0.4, -0.2) is 12.8 Å². The fraction of sp³-hybridized carbons (Fsp3) is 0.174. The number of halogens is 4. The molecule has 0 saturated heterocycles. The van der Waals surface area contributed by atoms with Crippen LogP contribution in [-0.2, 0) is 6.18 Å². The first-order valence-electron chi connectivity index (χ1n) is 9.29. The maximum absolute atomic E-state index is 13.3. The number of alkyl halides is 3. The van der Waals surface area contributed by atoms with Crippen LogP contribution in [0.3, 0.4) is 0 Å². The van der Waals surface area contributed by atoms with Gasteiger partial charge in [0.15, 0.2) is 0 Å². The standard InChI is InChI=1S/C23H18BrF3N2O/c1-30-20-7-2-4-16(12-20)22-14-21(15-8-10-18(24)11-9-15)28-29(22)19-6-3-5-17(13-19)23(25,26)27/h2-13,22H,14H2,1H3/t22-/m0/s1. The molecule has 3 nitrogen and oxygen atoms in total. The Morgan fingerprint density at radius 3 is 2.43 bits per heavy atom. The van der Waals surface area contributed by atoms with Crippen LogP contribution < -0.4 is 9.75 Å². The lowest BCUT2D eigenvalue weighted by molar-refractivity contribution is -0.137. The fourth-order valence-corrected chi connectivity index (χ4v) is 3.76. The van der Waals surface area contributed by atoms with Gasteiger partial charge in [0.25, 0.3) is 0 Å². The summed E-state index contributed by atoms with van der Waals surface area (Å²) in [6.45, 7) is 0. The largest absolute Gasteiger partial charge is 0.497 e. The molecule has 154 valence electrons. The van der Waals surface area contributed by atoms with E-state index in [0.29, 0.717) is 17.9 Å². The van der Waals surface area contributed by atoms with Crippen molar-refractivity contribution in [3.63, 3.8) is 0 Å². The number of hydrogen-bond donors (Lipinski definition) is 0. The minimum Gasteiger partial charge on any atom is -0.497 e. The topological polar surface area (TPSA) is 24.8 Å². The van der Waals surface area contributed by atoms with Gasteiger partial charge in [0.1, 0.15) is 5.75 Å². The second kappa shape index (κ2) is 8.14. The first-order chi connectivity index (χ1) is 14.3. The highest BCUT2D eigenvalue weighted by atomic mass is 79.9. The molecule has 0 saturated carbocycles. The first-order valence-corrected chi connectivity index (χ1v) is 10.1. The molecule has 0 aromatic heterocycles. The van der Waals surface area contributed by atoms with Gasteiger partial charge in [0.05, 0.1) is 30.1 Å². The number of anilines is 1. The zero-order chi connectivity index (χ0) is 21.3. The van der Waals surface area contributed by atoms with E-state index in [1.807, 2.05) is 48.5 Å². The van der Waals surface area contributed by atoms with Crippen molar-refractivity contribution in [2.75, 3.05) is 12.1 Å². The number of hydrazone groups is 1. The number of methoxy groups -OCH3 is 1. The summed E-state index contributed by atoms with van der Waals surface area (Å²) in [5, 5.41) is 6.39. The van der Waals surface area contributed by atoms with Gasteiger partial charge in [-0.2, -0.15) is 18.3 Å². The quantitative estimate of drug-likeness (QED) is 0.413. The molecule has 7 heteroatoms. The first kappa shape index (κ1) is 20.5. The molecule has 1 atom stereocenters. The lowest BCUT2D eigenvalue weighted by atomic mass is 9.98. The average Bonchev–Trinajstić information content (AvgIpc) is 3.19. The lowest BCUT2D eigenvalue weighted by Crippen LogP contribution is -2.19. The summed E-state index contributed by atoms with van der Waals surface area (Å²) >= 11 is 3.42. The Balaban J connectivity index is 1.78. The van der Waals surface area contributed by atoms with Gasteiger partial charge >= 0.3 is 6.18 Å². The van der Waals surface area contributed by atoms with Crippen molar-refractivity contribution in [1.82, 2.24) is 0 Å². The SMILES string of the molecule is COc1cccc([C@@H]2CC(c3ccc(Br)cc3)=NN2c2cccc(C(F)(F)F)c2)c1. The van der Waals surface area contributed by atoms with Gasteiger partial charge in [0, 0.05) is 10.9 Å². The summed E-state index contributed by atoms with van der Waals surface area (Å²) < 4.78 is 46.1. The summed E-state index contributed by atoms with van der Waals surface area (Å²) in [5.74, 6) is 0.689. The number of nitrogens with zero attached hydrogens (tertiary/aromatic N) is 2. The van der Waals surface area contributed by atoms with Gasteiger partial charge in [-0.3, -0.25) is 5.01 Å². The molecular weight excluding hydrogens is 457 g/mol. The maximum Gasteiger partial charge on any atom is 0.416 e. The zero-order valence-corrected chi connectivity index (χ0v) is 17.6. The van der Waals surface area contributed by atoms with E-state index in [1.165, 1.54) is 6.07 Å². The third-order valence-corrected chi connectivity index (χ3v) is 5.53. The van der Waals surface area contributed by atoms with Gasteiger partial charge in [-0.25, -0.2) is 0 Å². The molecule has 0 fully saturated rings. The molecular formula is C23H18BrF3N2O. The Bertz CT molecular complexity index is 1080. The number of benzene rings is 3. The molecule has 1 heterocycles. The molecule has 0 aliphatic carbocycles. The van der Waals surface area contributed by atoms with E-state index in [2.05, 4.69) is 15.9 Å². The van der Waals surface area contributed by atoms with Gasteiger partial charge < -0.3 is 4.74 Å². The van der Waals surface area contributed by atoms with E-state index < -0.39 is 11.7 Å². The highest BCUT2D eigenvalue weighted by molar-refractivity contribution is 9.10. The van der Waals surface area contributed by atoms with Crippen LogP contribution in [0.1, 0.15) is 29.2 Å². The minimum absolute atomic E-state index is 0.248. The third-order valence-electron chi connectivity index (χ3n) is 5.00. The molecule has 3 aromatic rings. The smallest absolute Gasteiger partial charge is 0.416 e. The number of hydrogen-bond acceptors (Lipinski definition) is 3. The third kappa shape index (κ3) is 4.21. The van der Waals surface area contributed by atoms with Crippen molar-refractivity contribution < 1.29 is 17.9 Å². The predicted molar refractivity (Wildman–Crippen MR) is 115 cm³/mol. The normalized spacial score (nSPS) is 16.5. The van der Waals surface area contributed by atoms with E-state index in [1.54, 1.807) is 18.2 Å². The molecule has 0 N–H and O–H groups in total. The average molecular weight is 475 g/mol. The summed E-state index contributed by atoms with van der Waals surface area (Å²) in [6.07, 6.45) is -3.86. The van der Waals surface area contributed by atoms with Crippen LogP contribution in [0.25, 0.3) is 0 Å². The Labute approximate surface area is 180 Å². The van der Waals surface area contributed by atoms with Gasteiger partial charge in [0.2, 0.25) is 0 Å². The highest BCUT2D eigenvalue weighted by Crippen LogP contribution is 2.39.